The minimum atomic E-state index is -0.291. The lowest BCUT2D eigenvalue weighted by atomic mass is 10.3. The van der Waals surface area contributed by atoms with Crippen molar-refractivity contribution >= 4 is 31.2 Å². The van der Waals surface area contributed by atoms with E-state index >= 15 is 0 Å². The summed E-state index contributed by atoms with van der Waals surface area (Å²) in [5.41, 5.74) is 0.805. The lowest BCUT2D eigenvalue weighted by Crippen LogP contribution is -2.14. The number of hydrogen-bond donors (Lipinski definition) is 0. The molecule has 0 saturated heterocycles. The van der Waals surface area contributed by atoms with Gasteiger partial charge in [0, 0.05) is 6.20 Å². The second-order valence-corrected chi connectivity index (χ2v) is 5.10. The molecule has 2 rings (SSSR count). The maximum absolute atomic E-state index is 11.6. The number of nitrogens with zero attached hydrogens (tertiary/aromatic N) is 3. The molecule has 0 aliphatic heterocycles. The van der Waals surface area contributed by atoms with Gasteiger partial charge in [0.25, 0.3) is 0 Å². The van der Waals surface area contributed by atoms with Crippen molar-refractivity contribution in [1.82, 2.24) is 9.97 Å². The van der Waals surface area contributed by atoms with Crippen molar-refractivity contribution in [3.8, 4) is 10.6 Å². The van der Waals surface area contributed by atoms with Gasteiger partial charge in [-0.3, -0.25) is 0 Å². The van der Waals surface area contributed by atoms with Crippen molar-refractivity contribution in [3.63, 3.8) is 0 Å². The molecule has 2 aromatic heterocycles. The summed E-state index contributed by atoms with van der Waals surface area (Å²) in [7, 11) is 3.77. The highest BCUT2D eigenvalue weighted by atomic mass is 32.1. The van der Waals surface area contributed by atoms with Gasteiger partial charge < -0.3 is 9.55 Å². The summed E-state index contributed by atoms with van der Waals surface area (Å²) >= 11 is 1.37. The van der Waals surface area contributed by atoms with Crippen LogP contribution < -0.4 is 4.81 Å². The molecule has 98 valence electrons. The highest BCUT2D eigenvalue weighted by Crippen LogP contribution is 2.27. The number of carbonyl (C=O) groups excluding carboxylic acids is 1. The van der Waals surface area contributed by atoms with Crippen LogP contribution in [0.1, 0.15) is 16.6 Å². The third-order valence-electron chi connectivity index (χ3n) is 2.38. The van der Waals surface area contributed by atoms with Crippen LogP contribution in [0, 0.1) is 0 Å². The van der Waals surface area contributed by atoms with Crippen LogP contribution >= 0.6 is 11.3 Å². The average molecular weight is 275 g/mol. The molecule has 2 aromatic rings. The molecule has 0 spiro atoms. The van der Waals surface area contributed by atoms with E-state index in [1.807, 2.05) is 32.0 Å². The van der Waals surface area contributed by atoms with Crippen molar-refractivity contribution < 1.29 is 9.53 Å². The van der Waals surface area contributed by atoms with Gasteiger partial charge in [-0.05, 0) is 32.2 Å². The first-order valence-electron chi connectivity index (χ1n) is 5.89. The third kappa shape index (κ3) is 3.11. The van der Waals surface area contributed by atoms with E-state index in [1.54, 1.807) is 19.2 Å². The zero-order chi connectivity index (χ0) is 13.8. The fraction of sp³-hybridized carbons (Fsp3) is 0.250. The van der Waals surface area contributed by atoms with Crippen molar-refractivity contribution in [3.05, 3.63) is 29.3 Å². The number of rotatable bonds is 4. The number of carbonyl (C=O) groups is 1. The number of aromatic nitrogens is 2. The van der Waals surface area contributed by atoms with E-state index in [1.165, 1.54) is 11.3 Å². The molecule has 19 heavy (non-hydrogen) atoms. The topological polar surface area (TPSA) is 55.3 Å². The Hall–Kier alpha value is -1.89. The van der Waals surface area contributed by atoms with Crippen molar-refractivity contribution in [2.24, 2.45) is 0 Å². The predicted octanol–water partition coefficient (Wildman–Crippen LogP) is 1.37. The van der Waals surface area contributed by atoms with Crippen LogP contribution in [0.25, 0.3) is 10.6 Å². The van der Waals surface area contributed by atoms with E-state index < -0.39 is 0 Å². The van der Waals surface area contributed by atoms with Crippen molar-refractivity contribution in [1.29, 1.82) is 0 Å². The van der Waals surface area contributed by atoms with E-state index in [0.29, 0.717) is 17.4 Å². The monoisotopic (exact) mass is 275 g/mol. The highest BCUT2D eigenvalue weighted by Gasteiger charge is 2.12. The van der Waals surface area contributed by atoms with Gasteiger partial charge in [0.05, 0.1) is 17.2 Å². The Morgan fingerprint density at radius 1 is 1.47 bits per heavy atom. The Bertz CT molecular complexity index is 586. The number of thiophene rings is 1. The molecule has 0 radical (unpaired) electrons. The first-order chi connectivity index (χ1) is 9.11. The number of ether oxygens (including phenoxy) is 1. The first-order valence-corrected chi connectivity index (χ1v) is 6.71. The van der Waals surface area contributed by atoms with E-state index in [4.69, 9.17) is 4.74 Å². The van der Waals surface area contributed by atoms with E-state index in [2.05, 4.69) is 9.97 Å². The SMILES string of the molecule is BN(C)c1nccc(-c2ccc(C(=O)OCC)s2)n1. The van der Waals surface area contributed by atoms with Crippen LogP contribution in [0.5, 0.6) is 0 Å². The summed E-state index contributed by atoms with van der Waals surface area (Å²) in [6.45, 7) is 2.17. The van der Waals surface area contributed by atoms with E-state index in [9.17, 15) is 4.79 Å². The van der Waals surface area contributed by atoms with Gasteiger partial charge in [-0.15, -0.1) is 11.3 Å². The van der Waals surface area contributed by atoms with Crippen LogP contribution in [0.2, 0.25) is 0 Å². The molecule has 5 nitrogen and oxygen atoms in total. The molecule has 0 saturated carbocycles. The van der Waals surface area contributed by atoms with Gasteiger partial charge in [-0.1, -0.05) is 0 Å². The Labute approximate surface area is 116 Å². The Kier molecular flexibility index (Phi) is 4.16. The minimum absolute atomic E-state index is 0.291. The quantitative estimate of drug-likeness (QED) is 0.623. The number of anilines is 1. The molecule has 0 N–H and O–H groups in total. The molecule has 7 heteroatoms. The van der Waals surface area contributed by atoms with Gasteiger partial charge in [0.1, 0.15) is 4.88 Å². The molecule has 0 atom stereocenters. The van der Waals surface area contributed by atoms with E-state index in [0.717, 1.165) is 10.6 Å². The third-order valence-corrected chi connectivity index (χ3v) is 3.47. The van der Waals surface area contributed by atoms with E-state index in [-0.39, 0.29) is 5.97 Å². The lowest BCUT2D eigenvalue weighted by molar-refractivity contribution is 0.0532. The zero-order valence-corrected chi connectivity index (χ0v) is 11.9. The average Bonchev–Trinajstić information content (AvgIpc) is 2.89. The van der Waals surface area contributed by atoms with Gasteiger partial charge in [-0.2, -0.15) is 0 Å². The minimum Gasteiger partial charge on any atom is -0.462 e. The van der Waals surface area contributed by atoms with Crippen LogP contribution in [0.3, 0.4) is 0 Å². The molecule has 0 fully saturated rings. The number of esters is 1. The molecule has 0 unspecified atom stereocenters. The maximum atomic E-state index is 11.6. The largest absolute Gasteiger partial charge is 0.462 e. The van der Waals surface area contributed by atoms with Crippen LogP contribution in [-0.4, -0.2) is 37.6 Å². The Morgan fingerprint density at radius 3 is 2.95 bits per heavy atom. The molecule has 0 amide bonds. The lowest BCUT2D eigenvalue weighted by Gasteiger charge is -2.10. The Morgan fingerprint density at radius 2 is 2.26 bits per heavy atom. The fourth-order valence-corrected chi connectivity index (χ4v) is 2.36. The second kappa shape index (κ2) is 5.84. The summed E-state index contributed by atoms with van der Waals surface area (Å²) in [5, 5.41) is 0. The fourth-order valence-electron chi connectivity index (χ4n) is 1.49. The van der Waals surface area contributed by atoms with Crippen LogP contribution in [-0.2, 0) is 4.74 Å². The smallest absolute Gasteiger partial charge is 0.348 e. The summed E-state index contributed by atoms with van der Waals surface area (Å²) < 4.78 is 4.97. The molecule has 2 heterocycles. The van der Waals surface area contributed by atoms with Crippen LogP contribution in [0.15, 0.2) is 24.4 Å². The van der Waals surface area contributed by atoms with Gasteiger partial charge in [0.15, 0.2) is 0 Å². The molecule has 0 aromatic carbocycles. The zero-order valence-electron chi connectivity index (χ0n) is 11.1. The van der Waals surface area contributed by atoms with Crippen LogP contribution in [0.4, 0.5) is 5.95 Å². The van der Waals surface area contributed by atoms with Gasteiger partial charge >= 0.3 is 5.97 Å². The summed E-state index contributed by atoms with van der Waals surface area (Å²) in [6.07, 6.45) is 1.71. The van der Waals surface area contributed by atoms with Crippen molar-refractivity contribution in [2.45, 2.75) is 6.92 Å². The highest BCUT2D eigenvalue weighted by molar-refractivity contribution is 7.17. The normalized spacial score (nSPS) is 10.2. The second-order valence-electron chi connectivity index (χ2n) is 4.02. The first kappa shape index (κ1) is 13.5. The molecule has 0 aliphatic carbocycles. The summed E-state index contributed by atoms with van der Waals surface area (Å²) in [5.74, 6) is 0.351. The summed E-state index contributed by atoms with van der Waals surface area (Å²) in [6, 6.07) is 5.46. The molecule has 0 aliphatic rings. The predicted molar refractivity (Wildman–Crippen MR) is 78.2 cm³/mol. The molecular weight excluding hydrogens is 261 g/mol. The Balaban J connectivity index is 2.27. The van der Waals surface area contributed by atoms with Gasteiger partial charge in [0.2, 0.25) is 13.9 Å². The van der Waals surface area contributed by atoms with Crippen molar-refractivity contribution in [2.75, 3.05) is 18.5 Å². The van der Waals surface area contributed by atoms with Gasteiger partial charge in [-0.25, -0.2) is 14.8 Å². The maximum Gasteiger partial charge on any atom is 0.348 e. The molecular formula is C12H14BN3O2S. The number of hydrogen-bond acceptors (Lipinski definition) is 6. The summed E-state index contributed by atoms with van der Waals surface area (Å²) in [4.78, 5) is 23.6. The standard InChI is InChI=1S/C12H14BN3O2S/c1-3-18-11(17)10-5-4-9(19-10)8-6-7-14-12(15-8)16(2)13/h4-7H,3,13H2,1-2H3. The molecule has 0 bridgehead atoms.